The Hall–Kier alpha value is -3.83. The molecule has 0 unspecified atom stereocenters. The molecule has 3 aromatic rings. The number of aryl methyl sites for hydroxylation is 1. The van der Waals surface area contributed by atoms with Crippen LogP contribution in [-0.2, 0) is 4.79 Å². The Labute approximate surface area is 182 Å². The molecule has 160 valence electrons. The molecule has 2 aromatic carbocycles. The number of phenolic OH excluding ortho intramolecular Hbond substituents is 1. The van der Waals surface area contributed by atoms with Gasteiger partial charge in [-0.15, -0.1) is 0 Å². The first kappa shape index (κ1) is 21.9. The Bertz CT molecular complexity index is 1220. The number of aliphatic imine (C=N–C) groups is 1. The van der Waals surface area contributed by atoms with Crippen LogP contribution < -0.4 is 26.6 Å². The highest BCUT2D eigenvalue weighted by atomic mass is 32.1. The molecule has 0 spiro atoms. The number of fused-ring (bicyclic) bond motifs is 1. The predicted molar refractivity (Wildman–Crippen MR) is 121 cm³/mol. The van der Waals surface area contributed by atoms with Gasteiger partial charge in [-0.1, -0.05) is 12.1 Å². The quantitative estimate of drug-likeness (QED) is 0.254. The monoisotopic (exact) mass is 440 g/mol. The van der Waals surface area contributed by atoms with Crippen molar-refractivity contribution in [2.75, 3.05) is 19.1 Å². The molecule has 3 rings (SSSR count). The van der Waals surface area contributed by atoms with Crippen molar-refractivity contribution >= 4 is 40.4 Å². The van der Waals surface area contributed by atoms with Gasteiger partial charge in [0.2, 0.25) is 5.11 Å². The normalized spacial score (nSPS) is 10.9. The summed E-state index contributed by atoms with van der Waals surface area (Å²) in [4.78, 5) is 33.1. The van der Waals surface area contributed by atoms with E-state index in [2.05, 4.69) is 26.3 Å². The largest absolute Gasteiger partial charge is 0.504 e. The van der Waals surface area contributed by atoms with Crippen molar-refractivity contribution in [3.63, 3.8) is 0 Å². The number of thiocarbonyl (C=S) groups is 1. The van der Waals surface area contributed by atoms with Crippen LogP contribution in [0.5, 0.6) is 11.5 Å². The van der Waals surface area contributed by atoms with Gasteiger partial charge in [0.1, 0.15) is 5.82 Å². The van der Waals surface area contributed by atoms with Crippen LogP contribution in [0.25, 0.3) is 10.9 Å². The second-order valence-corrected chi connectivity index (χ2v) is 6.71. The van der Waals surface area contributed by atoms with E-state index in [1.165, 1.54) is 19.4 Å². The van der Waals surface area contributed by atoms with E-state index in [0.29, 0.717) is 28.0 Å². The van der Waals surface area contributed by atoms with E-state index >= 15 is 0 Å². The average molecular weight is 440 g/mol. The van der Waals surface area contributed by atoms with Gasteiger partial charge in [0.25, 0.3) is 11.5 Å². The second-order valence-electron chi connectivity index (χ2n) is 6.32. The number of benzene rings is 2. The Balaban J connectivity index is 1.54. The highest BCUT2D eigenvalue weighted by Crippen LogP contribution is 2.25. The smallest absolute Gasteiger partial charge is 0.280 e. The molecule has 10 nitrogen and oxygen atoms in total. The fraction of sp³-hybridized carbons (Fsp3) is 0.150. The van der Waals surface area contributed by atoms with Gasteiger partial charge in [0.05, 0.1) is 24.6 Å². The van der Waals surface area contributed by atoms with Crippen LogP contribution in [0.3, 0.4) is 0 Å². The van der Waals surface area contributed by atoms with Gasteiger partial charge in [-0.25, -0.2) is 20.1 Å². The summed E-state index contributed by atoms with van der Waals surface area (Å²) >= 11 is 5.07. The zero-order chi connectivity index (χ0) is 22.4. The van der Waals surface area contributed by atoms with Crippen molar-refractivity contribution in [3.05, 3.63) is 64.2 Å². The third kappa shape index (κ3) is 5.41. The summed E-state index contributed by atoms with van der Waals surface area (Å²) in [6, 6.07) is 11.6. The number of hydrazine groups is 1. The number of nitrogens with zero attached hydrogens (tertiary/aromatic N) is 3. The summed E-state index contributed by atoms with van der Waals surface area (Å²) in [5.41, 5.74) is 8.60. The number of ether oxygens (including phenoxy) is 1. The molecule has 1 aromatic heterocycles. The lowest BCUT2D eigenvalue weighted by atomic mass is 10.2. The van der Waals surface area contributed by atoms with E-state index < -0.39 is 5.91 Å². The van der Waals surface area contributed by atoms with Crippen molar-refractivity contribution in [1.82, 2.24) is 20.5 Å². The number of rotatable bonds is 6. The topological polar surface area (TPSA) is 130 Å². The fourth-order valence-electron chi connectivity index (χ4n) is 2.68. The van der Waals surface area contributed by atoms with Gasteiger partial charge in [-0.05, 0) is 55.0 Å². The first-order valence-corrected chi connectivity index (χ1v) is 9.52. The predicted octanol–water partition coefficient (Wildman–Crippen LogP) is 0.987. The minimum atomic E-state index is -0.482. The number of hydrogen-bond donors (Lipinski definition) is 4. The van der Waals surface area contributed by atoms with Gasteiger partial charge in [0, 0.05) is 6.21 Å². The first-order valence-electron chi connectivity index (χ1n) is 9.11. The van der Waals surface area contributed by atoms with Crippen LogP contribution in [0.2, 0.25) is 0 Å². The molecule has 0 saturated carbocycles. The number of carbonyl (C=O) groups excluding carboxylic acids is 1. The fourth-order valence-corrected chi connectivity index (χ4v) is 2.80. The van der Waals surface area contributed by atoms with Crippen LogP contribution in [0.4, 0.5) is 0 Å². The van der Waals surface area contributed by atoms with E-state index in [-0.39, 0.29) is 23.0 Å². The molecule has 1 amide bonds. The van der Waals surface area contributed by atoms with E-state index in [0.717, 1.165) is 4.68 Å². The Kier molecular flexibility index (Phi) is 6.90. The second kappa shape index (κ2) is 9.78. The van der Waals surface area contributed by atoms with Crippen molar-refractivity contribution in [1.29, 1.82) is 0 Å². The van der Waals surface area contributed by atoms with Crippen molar-refractivity contribution in [2.45, 2.75) is 6.92 Å². The van der Waals surface area contributed by atoms with Crippen molar-refractivity contribution in [3.8, 4) is 11.5 Å². The highest BCUT2D eigenvalue weighted by Gasteiger charge is 2.10. The number of carbonyl (C=O) groups is 1. The third-order valence-electron chi connectivity index (χ3n) is 4.16. The van der Waals surface area contributed by atoms with E-state index in [1.54, 1.807) is 43.3 Å². The zero-order valence-electron chi connectivity index (χ0n) is 16.7. The van der Waals surface area contributed by atoms with Crippen LogP contribution in [0.1, 0.15) is 11.4 Å². The number of para-hydroxylation sites is 1. The Morgan fingerprint density at radius 2 is 2.10 bits per heavy atom. The van der Waals surface area contributed by atoms with Gasteiger partial charge < -0.3 is 9.84 Å². The zero-order valence-corrected chi connectivity index (χ0v) is 17.6. The average Bonchev–Trinajstić information content (AvgIpc) is 2.76. The summed E-state index contributed by atoms with van der Waals surface area (Å²) in [5.74, 6) is 0.203. The number of phenols is 1. The summed E-state index contributed by atoms with van der Waals surface area (Å²) in [7, 11) is 1.45. The molecule has 4 N–H and O–H groups in total. The van der Waals surface area contributed by atoms with Crippen molar-refractivity contribution < 1.29 is 14.6 Å². The van der Waals surface area contributed by atoms with Crippen LogP contribution in [0, 0.1) is 6.92 Å². The third-order valence-corrected chi connectivity index (χ3v) is 4.37. The molecular weight excluding hydrogens is 420 g/mol. The van der Waals surface area contributed by atoms with Crippen LogP contribution in [0.15, 0.2) is 52.3 Å². The summed E-state index contributed by atoms with van der Waals surface area (Å²) in [6.07, 6.45) is 1.47. The molecule has 0 bridgehead atoms. The van der Waals surface area contributed by atoms with Gasteiger partial charge >= 0.3 is 0 Å². The van der Waals surface area contributed by atoms with Gasteiger partial charge in [-0.3, -0.25) is 20.4 Å². The van der Waals surface area contributed by atoms with E-state index in [1.807, 2.05) is 0 Å². The summed E-state index contributed by atoms with van der Waals surface area (Å²) in [5, 5.41) is 10.1. The number of nitrogens with one attached hydrogen (secondary N) is 3. The lowest BCUT2D eigenvalue weighted by Crippen LogP contribution is -2.44. The minimum absolute atomic E-state index is 0.0176. The van der Waals surface area contributed by atoms with Gasteiger partial charge in [0.15, 0.2) is 11.5 Å². The number of aromatic hydroxyl groups is 1. The van der Waals surface area contributed by atoms with E-state index in [9.17, 15) is 14.7 Å². The molecule has 0 aliphatic carbocycles. The number of methoxy groups -OCH3 is 1. The molecule has 0 saturated heterocycles. The molecule has 1 heterocycles. The summed E-state index contributed by atoms with van der Waals surface area (Å²) in [6.45, 7) is 1.45. The first-order chi connectivity index (χ1) is 14.9. The Morgan fingerprint density at radius 3 is 2.87 bits per heavy atom. The number of hydrogen-bond acceptors (Lipinski definition) is 7. The molecule has 0 aliphatic heterocycles. The van der Waals surface area contributed by atoms with Gasteiger partial charge in [-0.2, -0.15) is 0 Å². The molecule has 0 aliphatic rings. The van der Waals surface area contributed by atoms with Crippen molar-refractivity contribution in [2.24, 2.45) is 4.99 Å². The molecule has 0 atom stereocenters. The highest BCUT2D eigenvalue weighted by molar-refractivity contribution is 7.80. The number of amides is 1. The minimum Gasteiger partial charge on any atom is -0.504 e. The lowest BCUT2D eigenvalue weighted by molar-refractivity contribution is -0.116. The van der Waals surface area contributed by atoms with E-state index in [4.69, 9.17) is 17.0 Å². The molecule has 0 fully saturated rings. The molecular formula is C20H20N6O4S. The maximum absolute atomic E-state index is 12.6. The molecule has 11 heteroatoms. The molecule has 31 heavy (non-hydrogen) atoms. The Morgan fingerprint density at radius 1 is 1.32 bits per heavy atom. The lowest BCUT2D eigenvalue weighted by Gasteiger charge is -2.12. The van der Waals surface area contributed by atoms with Crippen LogP contribution in [-0.4, -0.2) is 45.7 Å². The number of aromatic nitrogens is 2. The van der Waals surface area contributed by atoms with Crippen LogP contribution >= 0.6 is 12.2 Å². The maximum atomic E-state index is 12.6. The maximum Gasteiger partial charge on any atom is 0.280 e. The SMILES string of the molecule is COc1cc(/C=N/C(=S)NNCC(=O)Nn2c(C)nc3ccccc3c2=O)ccc1O. The standard InChI is InChI=1S/C20H20N6O4S/c1-12-23-15-6-4-3-5-14(15)19(29)26(12)25-18(28)11-22-24-20(31)21-10-13-7-8-16(27)17(9-13)30-2/h3-10,22,27H,11H2,1-2H3,(H,24,31)(H,25,28)/b21-10+. The summed E-state index contributed by atoms with van der Waals surface area (Å²) < 4.78 is 6.13. The molecule has 0 radical (unpaired) electrons.